The standard InChI is InChI=1S/C17H20N4O/c1-11(2)16(22)15-14-7-5-6-8-21(14)17(19-15)13-9-20(10-18-13)12(3)4/h5-12H,1-4H3. The van der Waals surface area contributed by atoms with Crippen molar-refractivity contribution in [2.75, 3.05) is 0 Å². The van der Waals surface area contributed by atoms with Crippen molar-refractivity contribution in [2.45, 2.75) is 33.7 Å². The Hall–Kier alpha value is -2.43. The smallest absolute Gasteiger partial charge is 0.185 e. The molecule has 0 aromatic carbocycles. The molecule has 0 aliphatic carbocycles. The first-order chi connectivity index (χ1) is 10.5. The highest BCUT2D eigenvalue weighted by Gasteiger charge is 2.21. The van der Waals surface area contributed by atoms with Crippen LogP contribution in [0.5, 0.6) is 0 Å². The lowest BCUT2D eigenvalue weighted by Gasteiger charge is -2.03. The summed E-state index contributed by atoms with van der Waals surface area (Å²) >= 11 is 0. The van der Waals surface area contributed by atoms with Crippen LogP contribution in [0, 0.1) is 5.92 Å². The van der Waals surface area contributed by atoms with Gasteiger partial charge in [-0.25, -0.2) is 9.97 Å². The minimum atomic E-state index is -0.0834. The first kappa shape index (κ1) is 14.5. The molecule has 5 heteroatoms. The average Bonchev–Trinajstić information content (AvgIpc) is 3.11. The normalized spacial score (nSPS) is 11.7. The number of carbonyl (C=O) groups is 1. The highest BCUT2D eigenvalue weighted by molar-refractivity contribution is 6.02. The second-order valence-electron chi connectivity index (χ2n) is 6.06. The fourth-order valence-electron chi connectivity index (χ4n) is 2.41. The summed E-state index contributed by atoms with van der Waals surface area (Å²) in [4.78, 5) is 21.4. The van der Waals surface area contributed by atoms with E-state index in [4.69, 9.17) is 0 Å². The SMILES string of the molecule is CC(C)C(=O)c1nc(-c2cn(C(C)C)cn2)n2ccccc12. The highest BCUT2D eigenvalue weighted by atomic mass is 16.1. The Kier molecular flexibility index (Phi) is 3.56. The van der Waals surface area contributed by atoms with E-state index in [1.54, 1.807) is 6.33 Å². The fraction of sp³-hybridized carbons (Fsp3) is 0.353. The summed E-state index contributed by atoms with van der Waals surface area (Å²) in [6, 6.07) is 6.11. The van der Waals surface area contributed by atoms with Crippen LogP contribution >= 0.6 is 0 Å². The first-order valence-corrected chi connectivity index (χ1v) is 7.54. The van der Waals surface area contributed by atoms with Crippen LogP contribution in [0.15, 0.2) is 36.9 Å². The Morgan fingerprint density at radius 3 is 2.59 bits per heavy atom. The van der Waals surface area contributed by atoms with Crippen molar-refractivity contribution in [3.8, 4) is 11.5 Å². The number of nitrogens with zero attached hydrogens (tertiary/aromatic N) is 4. The van der Waals surface area contributed by atoms with Crippen molar-refractivity contribution in [2.24, 2.45) is 5.92 Å². The second-order valence-corrected chi connectivity index (χ2v) is 6.06. The van der Waals surface area contributed by atoms with Gasteiger partial charge in [0.25, 0.3) is 0 Å². The molecule has 0 atom stereocenters. The van der Waals surface area contributed by atoms with Crippen LogP contribution < -0.4 is 0 Å². The Bertz CT molecular complexity index is 826. The Morgan fingerprint density at radius 2 is 1.95 bits per heavy atom. The predicted octanol–water partition coefficient (Wildman–Crippen LogP) is 3.62. The second kappa shape index (κ2) is 5.40. The topological polar surface area (TPSA) is 52.2 Å². The van der Waals surface area contributed by atoms with Gasteiger partial charge in [0.15, 0.2) is 11.6 Å². The van der Waals surface area contributed by atoms with Gasteiger partial charge in [-0.15, -0.1) is 0 Å². The summed E-state index contributed by atoms with van der Waals surface area (Å²) in [7, 11) is 0. The van der Waals surface area contributed by atoms with Gasteiger partial charge < -0.3 is 4.57 Å². The number of rotatable bonds is 4. The van der Waals surface area contributed by atoms with E-state index in [1.165, 1.54) is 0 Å². The molecule has 3 heterocycles. The minimum absolute atomic E-state index is 0.0539. The molecule has 0 unspecified atom stereocenters. The zero-order chi connectivity index (χ0) is 15.9. The van der Waals surface area contributed by atoms with Crippen molar-refractivity contribution in [3.05, 3.63) is 42.6 Å². The van der Waals surface area contributed by atoms with Gasteiger partial charge in [-0.1, -0.05) is 19.9 Å². The van der Waals surface area contributed by atoms with E-state index in [0.29, 0.717) is 17.6 Å². The van der Waals surface area contributed by atoms with Gasteiger partial charge in [0.1, 0.15) is 11.4 Å². The summed E-state index contributed by atoms with van der Waals surface area (Å²) in [5.41, 5.74) is 2.12. The maximum absolute atomic E-state index is 12.4. The van der Waals surface area contributed by atoms with E-state index in [1.807, 2.05) is 53.4 Å². The number of imidazole rings is 2. The number of pyridine rings is 1. The van der Waals surface area contributed by atoms with Crippen LogP contribution in [0.2, 0.25) is 0 Å². The molecular weight excluding hydrogens is 276 g/mol. The molecule has 0 spiro atoms. The summed E-state index contributed by atoms with van der Waals surface area (Å²) in [6.07, 6.45) is 5.69. The monoisotopic (exact) mass is 296 g/mol. The maximum Gasteiger partial charge on any atom is 0.185 e. The van der Waals surface area contributed by atoms with Crippen molar-refractivity contribution < 1.29 is 4.79 Å². The molecule has 0 fully saturated rings. The van der Waals surface area contributed by atoms with Crippen molar-refractivity contribution in [3.63, 3.8) is 0 Å². The van der Waals surface area contributed by atoms with E-state index in [9.17, 15) is 4.79 Å². The molecule has 0 saturated carbocycles. The van der Waals surface area contributed by atoms with Gasteiger partial charge in [-0.3, -0.25) is 9.20 Å². The molecule has 0 bridgehead atoms. The van der Waals surface area contributed by atoms with Crippen LogP contribution in [0.4, 0.5) is 0 Å². The molecule has 3 rings (SSSR count). The Morgan fingerprint density at radius 1 is 1.18 bits per heavy atom. The summed E-state index contributed by atoms with van der Waals surface area (Å²) in [6.45, 7) is 7.99. The van der Waals surface area contributed by atoms with Crippen LogP contribution in [-0.2, 0) is 0 Å². The molecule has 5 nitrogen and oxygen atoms in total. The lowest BCUT2D eigenvalue weighted by molar-refractivity contribution is 0.0936. The zero-order valence-corrected chi connectivity index (χ0v) is 13.3. The van der Waals surface area contributed by atoms with Gasteiger partial charge >= 0.3 is 0 Å². The molecule has 3 aromatic rings. The third-order valence-electron chi connectivity index (χ3n) is 3.73. The number of hydrogen-bond donors (Lipinski definition) is 0. The highest BCUT2D eigenvalue weighted by Crippen LogP contribution is 2.24. The lowest BCUT2D eigenvalue weighted by Crippen LogP contribution is -2.08. The van der Waals surface area contributed by atoms with Crippen molar-refractivity contribution >= 4 is 11.3 Å². The number of ketones is 1. The molecule has 0 N–H and O–H groups in total. The van der Waals surface area contributed by atoms with E-state index in [0.717, 1.165) is 11.2 Å². The number of Topliss-reactive ketones (excluding diaryl/α,β-unsaturated/α-hetero) is 1. The number of fused-ring (bicyclic) bond motifs is 1. The van der Waals surface area contributed by atoms with Crippen LogP contribution in [-0.4, -0.2) is 24.7 Å². The molecule has 3 aromatic heterocycles. The van der Waals surface area contributed by atoms with E-state index >= 15 is 0 Å². The number of carbonyl (C=O) groups excluding carboxylic acids is 1. The van der Waals surface area contributed by atoms with Gasteiger partial charge in [0.2, 0.25) is 0 Å². The molecule has 0 amide bonds. The Balaban J connectivity index is 2.19. The molecule has 0 aliphatic heterocycles. The van der Waals surface area contributed by atoms with Gasteiger partial charge in [0, 0.05) is 24.4 Å². The van der Waals surface area contributed by atoms with Crippen molar-refractivity contribution in [1.29, 1.82) is 0 Å². The molecule has 0 radical (unpaired) electrons. The minimum Gasteiger partial charge on any atom is -0.334 e. The predicted molar refractivity (Wildman–Crippen MR) is 86.0 cm³/mol. The third-order valence-corrected chi connectivity index (χ3v) is 3.73. The molecular formula is C17H20N4O. The quantitative estimate of drug-likeness (QED) is 0.691. The van der Waals surface area contributed by atoms with E-state index in [2.05, 4.69) is 23.8 Å². The fourth-order valence-corrected chi connectivity index (χ4v) is 2.41. The van der Waals surface area contributed by atoms with Crippen LogP contribution in [0.25, 0.3) is 17.0 Å². The van der Waals surface area contributed by atoms with Crippen LogP contribution in [0.3, 0.4) is 0 Å². The summed E-state index contributed by atoms with van der Waals surface area (Å²) < 4.78 is 3.96. The van der Waals surface area contributed by atoms with Gasteiger partial charge in [-0.2, -0.15) is 0 Å². The first-order valence-electron chi connectivity index (χ1n) is 7.54. The zero-order valence-electron chi connectivity index (χ0n) is 13.3. The Labute approximate surface area is 129 Å². The average molecular weight is 296 g/mol. The summed E-state index contributed by atoms with van der Waals surface area (Å²) in [5.74, 6) is 0.678. The maximum atomic E-state index is 12.4. The van der Waals surface area contributed by atoms with Crippen LogP contribution in [0.1, 0.15) is 44.2 Å². The lowest BCUT2D eigenvalue weighted by atomic mass is 10.1. The van der Waals surface area contributed by atoms with E-state index in [-0.39, 0.29) is 11.7 Å². The van der Waals surface area contributed by atoms with Gasteiger partial charge in [-0.05, 0) is 26.0 Å². The van der Waals surface area contributed by atoms with Gasteiger partial charge in [0.05, 0.1) is 11.8 Å². The number of aromatic nitrogens is 4. The third kappa shape index (κ3) is 2.32. The van der Waals surface area contributed by atoms with Crippen molar-refractivity contribution in [1.82, 2.24) is 18.9 Å². The number of hydrogen-bond acceptors (Lipinski definition) is 3. The molecule has 114 valence electrons. The van der Waals surface area contributed by atoms with E-state index < -0.39 is 0 Å². The largest absolute Gasteiger partial charge is 0.334 e. The molecule has 22 heavy (non-hydrogen) atoms. The summed E-state index contributed by atoms with van der Waals surface area (Å²) in [5, 5.41) is 0. The molecule has 0 saturated heterocycles. The molecule has 0 aliphatic rings.